The van der Waals surface area contributed by atoms with E-state index in [1.807, 2.05) is 13.8 Å². The van der Waals surface area contributed by atoms with Crippen LogP contribution in [0.4, 0.5) is 0 Å². The van der Waals surface area contributed by atoms with Crippen LogP contribution in [-0.2, 0) is 28.5 Å². The van der Waals surface area contributed by atoms with E-state index in [4.69, 9.17) is 18.9 Å². The molecule has 2 atom stereocenters. The molecule has 0 radical (unpaired) electrons. The lowest BCUT2D eigenvalue weighted by Gasteiger charge is -2.11. The zero-order valence-electron chi connectivity index (χ0n) is 14.1. The van der Waals surface area contributed by atoms with Crippen LogP contribution in [-0.4, -0.2) is 51.1 Å². The number of ether oxygens (including phenoxy) is 4. The molecule has 0 saturated carbocycles. The highest BCUT2D eigenvalue weighted by Crippen LogP contribution is 1.95. The fourth-order valence-corrected chi connectivity index (χ4v) is 1.20. The quantitative estimate of drug-likeness (QED) is 0.609. The lowest BCUT2D eigenvalue weighted by molar-refractivity contribution is -0.151. The van der Waals surface area contributed by atoms with E-state index < -0.39 is 0 Å². The van der Waals surface area contributed by atoms with Gasteiger partial charge in [0, 0.05) is 26.6 Å². The van der Waals surface area contributed by atoms with E-state index in [0.717, 1.165) is 0 Å². The SMILES string of the molecule is CCC(=O)OC(C)COC.CCOCC(C)OC(=O)CC. The number of carbonyl (C=O) groups is 2. The van der Waals surface area contributed by atoms with Gasteiger partial charge in [-0.2, -0.15) is 0 Å². The summed E-state index contributed by atoms with van der Waals surface area (Å²) in [6.07, 6.45) is 0.602. The summed E-state index contributed by atoms with van der Waals surface area (Å²) in [5.41, 5.74) is 0. The molecule has 0 aliphatic rings. The van der Waals surface area contributed by atoms with E-state index in [2.05, 4.69) is 0 Å². The third-order valence-corrected chi connectivity index (χ3v) is 2.20. The van der Waals surface area contributed by atoms with E-state index in [0.29, 0.717) is 32.7 Å². The Morgan fingerprint density at radius 3 is 1.62 bits per heavy atom. The van der Waals surface area contributed by atoms with Crippen LogP contribution in [0.1, 0.15) is 47.5 Å². The molecule has 0 aromatic carbocycles. The number of hydrogen-bond acceptors (Lipinski definition) is 6. The topological polar surface area (TPSA) is 71.1 Å². The highest BCUT2D eigenvalue weighted by molar-refractivity contribution is 5.69. The molecule has 0 rings (SSSR count). The maximum atomic E-state index is 10.7. The van der Waals surface area contributed by atoms with Gasteiger partial charge in [0.25, 0.3) is 0 Å². The third-order valence-electron chi connectivity index (χ3n) is 2.20. The Hall–Kier alpha value is -1.14. The zero-order valence-corrected chi connectivity index (χ0v) is 14.1. The smallest absolute Gasteiger partial charge is 0.305 e. The molecule has 0 saturated heterocycles. The zero-order chi connectivity index (χ0) is 16.7. The van der Waals surface area contributed by atoms with Gasteiger partial charge in [0.1, 0.15) is 12.2 Å². The summed E-state index contributed by atoms with van der Waals surface area (Å²) in [5.74, 6) is -0.346. The van der Waals surface area contributed by atoms with Crippen molar-refractivity contribution >= 4 is 11.9 Å². The Kier molecular flexibility index (Phi) is 16.1. The van der Waals surface area contributed by atoms with Crippen molar-refractivity contribution in [2.45, 2.75) is 59.7 Å². The first-order valence-electron chi connectivity index (χ1n) is 7.36. The molecule has 0 spiro atoms. The van der Waals surface area contributed by atoms with Crippen LogP contribution in [0.25, 0.3) is 0 Å². The first-order chi connectivity index (χ1) is 9.90. The Labute approximate surface area is 128 Å². The van der Waals surface area contributed by atoms with Crippen molar-refractivity contribution in [3.05, 3.63) is 0 Å². The van der Waals surface area contributed by atoms with E-state index in [1.54, 1.807) is 27.9 Å². The Bertz CT molecular complexity index is 267. The minimum absolute atomic E-state index is 0.123. The van der Waals surface area contributed by atoms with E-state index in [1.165, 1.54) is 0 Å². The maximum Gasteiger partial charge on any atom is 0.305 e. The molecule has 21 heavy (non-hydrogen) atoms. The summed E-state index contributed by atoms with van der Waals surface area (Å²) in [5, 5.41) is 0. The summed E-state index contributed by atoms with van der Waals surface area (Å²) >= 11 is 0. The largest absolute Gasteiger partial charge is 0.460 e. The molecule has 0 amide bonds. The molecule has 0 bridgehead atoms. The fourth-order valence-electron chi connectivity index (χ4n) is 1.20. The lowest BCUT2D eigenvalue weighted by atomic mass is 10.4. The molecule has 6 heteroatoms. The molecule has 0 aromatic rings. The molecular formula is C15H30O6. The van der Waals surface area contributed by atoms with Gasteiger partial charge in [0.15, 0.2) is 0 Å². The summed E-state index contributed by atoms with van der Waals surface area (Å²) in [6.45, 7) is 10.7. The highest BCUT2D eigenvalue weighted by atomic mass is 16.6. The van der Waals surface area contributed by atoms with Gasteiger partial charge in [-0.1, -0.05) is 13.8 Å². The predicted octanol–water partition coefficient (Wildman–Crippen LogP) is 2.34. The Balaban J connectivity index is 0. The summed E-state index contributed by atoms with van der Waals surface area (Å²) in [7, 11) is 1.58. The van der Waals surface area contributed by atoms with Gasteiger partial charge in [0.2, 0.25) is 0 Å². The average molecular weight is 306 g/mol. The van der Waals surface area contributed by atoms with Gasteiger partial charge in [-0.05, 0) is 20.8 Å². The van der Waals surface area contributed by atoms with Gasteiger partial charge < -0.3 is 18.9 Å². The van der Waals surface area contributed by atoms with Gasteiger partial charge in [-0.3, -0.25) is 9.59 Å². The standard InChI is InChI=1S/C8H16O3.C7H14O3/c1-4-8(9)11-7(3)6-10-5-2;1-4-7(8)10-6(2)5-9-3/h7H,4-6H2,1-3H3;6H,4-5H2,1-3H3. The molecule has 2 unspecified atom stereocenters. The molecule has 0 N–H and O–H groups in total. The number of rotatable bonds is 9. The van der Waals surface area contributed by atoms with Crippen LogP contribution in [0.5, 0.6) is 0 Å². The van der Waals surface area contributed by atoms with Gasteiger partial charge in [-0.25, -0.2) is 0 Å². The second-order valence-corrected chi connectivity index (χ2v) is 4.42. The van der Waals surface area contributed by atoms with Crippen LogP contribution < -0.4 is 0 Å². The van der Waals surface area contributed by atoms with Crippen molar-refractivity contribution in [1.82, 2.24) is 0 Å². The van der Waals surface area contributed by atoms with Crippen LogP contribution in [0.3, 0.4) is 0 Å². The monoisotopic (exact) mass is 306 g/mol. The van der Waals surface area contributed by atoms with Crippen molar-refractivity contribution in [2.75, 3.05) is 26.9 Å². The average Bonchev–Trinajstić information content (AvgIpc) is 2.45. The lowest BCUT2D eigenvalue weighted by Crippen LogP contribution is -2.19. The fraction of sp³-hybridized carbons (Fsp3) is 0.867. The molecule has 126 valence electrons. The molecule has 0 aromatic heterocycles. The van der Waals surface area contributed by atoms with Crippen molar-refractivity contribution in [2.24, 2.45) is 0 Å². The predicted molar refractivity (Wildman–Crippen MR) is 80.1 cm³/mol. The maximum absolute atomic E-state index is 10.7. The van der Waals surface area contributed by atoms with E-state index >= 15 is 0 Å². The summed E-state index contributed by atoms with van der Waals surface area (Å²) < 4.78 is 19.6. The van der Waals surface area contributed by atoms with Crippen molar-refractivity contribution in [3.63, 3.8) is 0 Å². The first-order valence-corrected chi connectivity index (χ1v) is 7.36. The van der Waals surface area contributed by atoms with E-state index in [-0.39, 0.29) is 24.1 Å². The Morgan fingerprint density at radius 2 is 1.29 bits per heavy atom. The molecule has 0 aliphatic carbocycles. The number of methoxy groups -OCH3 is 1. The van der Waals surface area contributed by atoms with Crippen LogP contribution in [0.15, 0.2) is 0 Å². The molecule has 6 nitrogen and oxygen atoms in total. The van der Waals surface area contributed by atoms with Gasteiger partial charge >= 0.3 is 11.9 Å². The van der Waals surface area contributed by atoms with E-state index in [9.17, 15) is 9.59 Å². The van der Waals surface area contributed by atoms with Crippen molar-refractivity contribution in [1.29, 1.82) is 0 Å². The Morgan fingerprint density at radius 1 is 0.857 bits per heavy atom. The number of hydrogen-bond donors (Lipinski definition) is 0. The van der Waals surface area contributed by atoms with Gasteiger partial charge in [-0.15, -0.1) is 0 Å². The number of carbonyl (C=O) groups excluding carboxylic acids is 2. The van der Waals surface area contributed by atoms with Crippen LogP contribution in [0.2, 0.25) is 0 Å². The van der Waals surface area contributed by atoms with Crippen molar-refractivity contribution in [3.8, 4) is 0 Å². The van der Waals surface area contributed by atoms with Gasteiger partial charge in [0.05, 0.1) is 13.2 Å². The summed E-state index contributed by atoms with van der Waals surface area (Å²) in [4.78, 5) is 21.3. The molecule has 0 fully saturated rings. The molecule has 0 heterocycles. The highest BCUT2D eigenvalue weighted by Gasteiger charge is 2.06. The molecular weight excluding hydrogens is 276 g/mol. The minimum Gasteiger partial charge on any atom is -0.460 e. The second-order valence-electron chi connectivity index (χ2n) is 4.42. The summed E-state index contributed by atoms with van der Waals surface area (Å²) in [6, 6.07) is 0. The minimum atomic E-state index is -0.176. The number of esters is 2. The normalized spacial score (nSPS) is 12.7. The third kappa shape index (κ3) is 16.8. The molecule has 0 aliphatic heterocycles. The second kappa shape index (κ2) is 15.3. The van der Waals surface area contributed by atoms with Crippen LogP contribution in [0, 0.1) is 0 Å². The van der Waals surface area contributed by atoms with Crippen LogP contribution >= 0.6 is 0 Å². The first kappa shape index (κ1) is 22.1. The van der Waals surface area contributed by atoms with Crippen molar-refractivity contribution < 1.29 is 28.5 Å².